The summed E-state index contributed by atoms with van der Waals surface area (Å²) in [6.07, 6.45) is 0.714. The maximum Gasteiger partial charge on any atom is 0.264 e. The van der Waals surface area contributed by atoms with Crippen LogP contribution < -0.4 is 14.4 Å². The molecular weight excluding hydrogens is 545 g/mol. The number of carbonyl (C=O) groups excluding carboxylic acids is 2. The molecule has 0 fully saturated rings. The van der Waals surface area contributed by atoms with Crippen molar-refractivity contribution in [2.24, 2.45) is 0 Å². The van der Waals surface area contributed by atoms with E-state index >= 15 is 0 Å². The molecule has 0 spiro atoms. The highest BCUT2D eigenvalue weighted by Crippen LogP contribution is 2.27. The third-order valence-electron chi connectivity index (χ3n) is 6.89. The van der Waals surface area contributed by atoms with Crippen LogP contribution in [0.5, 0.6) is 5.75 Å². The van der Waals surface area contributed by atoms with Crippen molar-refractivity contribution >= 4 is 27.5 Å². The quantitative estimate of drug-likeness (QED) is 0.304. The van der Waals surface area contributed by atoms with Gasteiger partial charge in [-0.15, -0.1) is 0 Å². The predicted molar refractivity (Wildman–Crippen MR) is 158 cm³/mol. The number of rotatable bonds is 13. The van der Waals surface area contributed by atoms with Gasteiger partial charge in [0.1, 0.15) is 24.2 Å². The predicted octanol–water partition coefficient (Wildman–Crippen LogP) is 5.06. The molecule has 0 unspecified atom stereocenters. The van der Waals surface area contributed by atoms with E-state index < -0.39 is 34.3 Å². The molecule has 0 saturated carbocycles. The zero-order valence-corrected chi connectivity index (χ0v) is 24.9. The molecule has 10 heteroatoms. The fourth-order valence-electron chi connectivity index (χ4n) is 4.16. The van der Waals surface area contributed by atoms with Gasteiger partial charge >= 0.3 is 0 Å². The van der Waals surface area contributed by atoms with E-state index in [1.165, 1.54) is 4.90 Å². The van der Waals surface area contributed by atoms with Crippen LogP contribution in [0.3, 0.4) is 0 Å². The number of sulfonamides is 1. The van der Waals surface area contributed by atoms with Crippen molar-refractivity contribution in [1.29, 1.82) is 0 Å². The highest BCUT2D eigenvalue weighted by molar-refractivity contribution is 7.92. The molecule has 8 nitrogen and oxygen atoms in total. The monoisotopic (exact) mass is 583 g/mol. The molecular formula is C31H38FN3O5S. The smallest absolute Gasteiger partial charge is 0.264 e. The van der Waals surface area contributed by atoms with E-state index in [0.29, 0.717) is 18.8 Å². The van der Waals surface area contributed by atoms with Crippen molar-refractivity contribution in [3.8, 4) is 5.75 Å². The molecule has 0 aliphatic carbocycles. The lowest BCUT2D eigenvalue weighted by Crippen LogP contribution is -2.52. The summed E-state index contributed by atoms with van der Waals surface area (Å²) in [7, 11) is -4.30. The van der Waals surface area contributed by atoms with Gasteiger partial charge in [0, 0.05) is 12.6 Å². The summed E-state index contributed by atoms with van der Waals surface area (Å²) in [5, 5.41) is 2.92. The zero-order chi connectivity index (χ0) is 30.2. The summed E-state index contributed by atoms with van der Waals surface area (Å²) in [6, 6.07) is 17.3. The van der Waals surface area contributed by atoms with E-state index in [0.717, 1.165) is 39.7 Å². The molecule has 3 aromatic rings. The van der Waals surface area contributed by atoms with Crippen molar-refractivity contribution in [1.82, 2.24) is 10.2 Å². The Morgan fingerprint density at radius 3 is 2.17 bits per heavy atom. The minimum absolute atomic E-state index is 0.0976. The van der Waals surface area contributed by atoms with Crippen molar-refractivity contribution in [3.63, 3.8) is 0 Å². The van der Waals surface area contributed by atoms with Gasteiger partial charge in [-0.05, 0) is 93.8 Å². The van der Waals surface area contributed by atoms with Crippen LogP contribution in [-0.4, -0.2) is 50.4 Å². The van der Waals surface area contributed by atoms with Gasteiger partial charge in [0.2, 0.25) is 11.8 Å². The molecule has 0 heterocycles. The first-order chi connectivity index (χ1) is 19.5. The minimum Gasteiger partial charge on any atom is -0.494 e. The van der Waals surface area contributed by atoms with Gasteiger partial charge < -0.3 is 15.0 Å². The lowest BCUT2D eigenvalue weighted by atomic mass is 10.1. The van der Waals surface area contributed by atoms with Crippen LogP contribution in [-0.2, 0) is 26.2 Å². The van der Waals surface area contributed by atoms with Crippen molar-refractivity contribution < 1.29 is 27.1 Å². The number of nitrogens with one attached hydrogen (secondary N) is 1. The number of ether oxygens (including phenoxy) is 1. The van der Waals surface area contributed by atoms with Gasteiger partial charge in [-0.3, -0.25) is 13.9 Å². The maximum absolute atomic E-state index is 14.0. The second-order valence-corrected chi connectivity index (χ2v) is 11.7. The number of nitrogens with zero attached hydrogens (tertiary/aromatic N) is 2. The van der Waals surface area contributed by atoms with Gasteiger partial charge in [-0.2, -0.15) is 0 Å². The first-order valence-electron chi connectivity index (χ1n) is 13.6. The molecule has 1 N–H and O–H groups in total. The minimum atomic E-state index is -4.30. The molecule has 3 aromatic carbocycles. The van der Waals surface area contributed by atoms with Crippen LogP contribution in [0.4, 0.5) is 10.1 Å². The van der Waals surface area contributed by atoms with E-state index in [2.05, 4.69) is 5.32 Å². The first kappa shape index (κ1) is 31.6. The van der Waals surface area contributed by atoms with Crippen LogP contribution in [0.1, 0.15) is 45.2 Å². The Kier molecular flexibility index (Phi) is 10.9. The highest BCUT2D eigenvalue weighted by atomic mass is 32.2. The van der Waals surface area contributed by atoms with E-state index in [9.17, 15) is 22.4 Å². The Balaban J connectivity index is 2.04. The Bertz CT molecular complexity index is 1430. The van der Waals surface area contributed by atoms with Crippen LogP contribution in [0.2, 0.25) is 0 Å². The van der Waals surface area contributed by atoms with Gasteiger partial charge in [0.25, 0.3) is 10.0 Å². The molecule has 41 heavy (non-hydrogen) atoms. The third kappa shape index (κ3) is 8.07. The number of hydrogen-bond donors (Lipinski definition) is 1. The number of carbonyl (C=O) groups is 2. The van der Waals surface area contributed by atoms with Gasteiger partial charge in [-0.1, -0.05) is 31.2 Å². The number of aryl methyl sites for hydroxylation is 1. The highest BCUT2D eigenvalue weighted by Gasteiger charge is 2.33. The summed E-state index contributed by atoms with van der Waals surface area (Å²) < 4.78 is 47.8. The summed E-state index contributed by atoms with van der Waals surface area (Å²) >= 11 is 0. The van der Waals surface area contributed by atoms with Crippen LogP contribution in [0, 0.1) is 12.7 Å². The summed E-state index contributed by atoms with van der Waals surface area (Å²) in [5.41, 5.74) is 1.99. The van der Waals surface area contributed by atoms with E-state index in [1.807, 2.05) is 52.0 Å². The molecule has 2 atom stereocenters. The molecule has 0 aliphatic heterocycles. The van der Waals surface area contributed by atoms with E-state index in [-0.39, 0.29) is 29.1 Å². The Morgan fingerprint density at radius 1 is 0.951 bits per heavy atom. The first-order valence-corrected chi connectivity index (χ1v) is 15.1. The summed E-state index contributed by atoms with van der Waals surface area (Å²) in [4.78, 5) is 28.4. The number of benzene rings is 3. The number of hydrogen-bond acceptors (Lipinski definition) is 5. The maximum atomic E-state index is 14.0. The molecule has 2 amide bonds. The fraction of sp³-hybridized carbons (Fsp3) is 0.355. The van der Waals surface area contributed by atoms with Gasteiger partial charge in [0.05, 0.1) is 17.2 Å². The normalized spacial score (nSPS) is 12.7. The zero-order valence-electron chi connectivity index (χ0n) is 24.1. The SMILES string of the molecule is CCOc1ccc(N(CC(=O)N(Cc2ccccc2C)[C@@H](C)C(=O)N[C@@H](C)CC)S(=O)(=O)c2ccc(F)cc2)cc1. The fourth-order valence-corrected chi connectivity index (χ4v) is 5.57. The Hall–Kier alpha value is -3.92. The molecule has 0 saturated heterocycles. The number of halogens is 1. The molecule has 0 aromatic heterocycles. The average Bonchev–Trinajstić information content (AvgIpc) is 2.95. The standard InChI is InChI=1S/C31H38FN3O5S/c1-6-23(4)33-31(37)24(5)34(20-25-11-9-8-10-22(25)3)30(36)21-35(27-14-16-28(17-15-27)40-7-2)41(38,39)29-18-12-26(32)13-19-29/h8-19,23-24H,6-7,20-21H2,1-5H3,(H,33,37)/t23-,24-/m0/s1. The molecule has 0 aliphatic rings. The van der Waals surface area contributed by atoms with E-state index in [4.69, 9.17) is 4.74 Å². The lowest BCUT2D eigenvalue weighted by molar-refractivity contribution is -0.139. The lowest BCUT2D eigenvalue weighted by Gasteiger charge is -2.32. The molecule has 220 valence electrons. The molecule has 0 radical (unpaired) electrons. The van der Waals surface area contributed by atoms with Crippen LogP contribution in [0.25, 0.3) is 0 Å². The van der Waals surface area contributed by atoms with Crippen molar-refractivity contribution in [2.75, 3.05) is 17.5 Å². The van der Waals surface area contributed by atoms with Crippen molar-refractivity contribution in [2.45, 2.75) is 64.6 Å². The van der Waals surface area contributed by atoms with Crippen LogP contribution >= 0.6 is 0 Å². The number of amides is 2. The molecule has 0 bridgehead atoms. The van der Waals surface area contributed by atoms with E-state index in [1.54, 1.807) is 31.2 Å². The number of anilines is 1. The summed E-state index contributed by atoms with van der Waals surface area (Å²) in [5.74, 6) is -0.952. The largest absolute Gasteiger partial charge is 0.494 e. The van der Waals surface area contributed by atoms with Crippen molar-refractivity contribution in [3.05, 3.63) is 89.7 Å². The topological polar surface area (TPSA) is 96.0 Å². The molecule has 3 rings (SSSR count). The Morgan fingerprint density at radius 2 is 1.59 bits per heavy atom. The van der Waals surface area contributed by atoms with Crippen LogP contribution in [0.15, 0.2) is 77.7 Å². The second kappa shape index (κ2) is 14.1. The third-order valence-corrected chi connectivity index (χ3v) is 8.67. The second-order valence-electron chi connectivity index (χ2n) is 9.83. The average molecular weight is 584 g/mol. The summed E-state index contributed by atoms with van der Waals surface area (Å²) in [6.45, 7) is 9.15. The van der Waals surface area contributed by atoms with Gasteiger partial charge in [-0.25, -0.2) is 12.8 Å². The van der Waals surface area contributed by atoms with Gasteiger partial charge in [0.15, 0.2) is 0 Å². The Labute approximate surface area is 242 Å².